The Bertz CT molecular complexity index is 468. The molecule has 2 heterocycles. The predicted octanol–water partition coefficient (Wildman–Crippen LogP) is 1.05. The maximum absolute atomic E-state index is 11.4. The molecule has 2 rings (SSSR count). The molecule has 1 aromatic rings. The van der Waals surface area contributed by atoms with Gasteiger partial charge in [0.05, 0.1) is 23.8 Å². The number of furan rings is 1. The second-order valence-corrected chi connectivity index (χ2v) is 7.63. The van der Waals surface area contributed by atoms with Crippen LogP contribution in [0.25, 0.3) is 0 Å². The highest BCUT2D eigenvalue weighted by Gasteiger charge is 2.25. The van der Waals surface area contributed by atoms with Crippen molar-refractivity contribution in [2.24, 2.45) is 0 Å². The molecule has 19 heavy (non-hydrogen) atoms. The van der Waals surface area contributed by atoms with Crippen LogP contribution in [-0.4, -0.2) is 51.5 Å². The lowest BCUT2D eigenvalue weighted by molar-refractivity contribution is 0.241. The molecule has 108 valence electrons. The molecular formula is C13H22N2O3S. The maximum atomic E-state index is 11.4. The largest absolute Gasteiger partial charge is 0.468 e. The van der Waals surface area contributed by atoms with Gasteiger partial charge in [0, 0.05) is 12.6 Å². The Balaban J connectivity index is 1.87. The van der Waals surface area contributed by atoms with E-state index in [-0.39, 0.29) is 6.04 Å². The standard InChI is InChI=1S/C13H22N2O3S/c1-15(2)12(13-4-3-7-18-13)10-14-11-5-8-19(16,17)9-6-11/h3-4,7,11-12,14H,5-6,8-10H2,1-2H3. The van der Waals surface area contributed by atoms with Crippen LogP contribution in [0.5, 0.6) is 0 Å². The van der Waals surface area contributed by atoms with Crippen molar-refractivity contribution in [3.05, 3.63) is 24.2 Å². The molecule has 0 amide bonds. The van der Waals surface area contributed by atoms with E-state index in [4.69, 9.17) is 4.42 Å². The van der Waals surface area contributed by atoms with E-state index < -0.39 is 9.84 Å². The van der Waals surface area contributed by atoms with Gasteiger partial charge in [-0.1, -0.05) is 0 Å². The number of sulfone groups is 1. The van der Waals surface area contributed by atoms with Crippen LogP contribution in [0, 0.1) is 0 Å². The van der Waals surface area contributed by atoms with Gasteiger partial charge in [0.25, 0.3) is 0 Å². The molecule has 1 aliphatic rings. The van der Waals surface area contributed by atoms with Crippen LogP contribution in [0.2, 0.25) is 0 Å². The number of nitrogens with zero attached hydrogens (tertiary/aromatic N) is 1. The molecule has 0 aliphatic carbocycles. The smallest absolute Gasteiger partial charge is 0.150 e. The molecule has 6 heteroatoms. The molecule has 0 aromatic carbocycles. The maximum Gasteiger partial charge on any atom is 0.150 e. The summed E-state index contributed by atoms with van der Waals surface area (Å²) in [5.74, 6) is 1.54. The summed E-state index contributed by atoms with van der Waals surface area (Å²) < 4.78 is 28.2. The summed E-state index contributed by atoms with van der Waals surface area (Å²) >= 11 is 0. The van der Waals surface area contributed by atoms with Crippen molar-refractivity contribution in [1.29, 1.82) is 0 Å². The molecule has 1 fully saturated rings. The lowest BCUT2D eigenvalue weighted by Crippen LogP contribution is -2.41. The van der Waals surface area contributed by atoms with E-state index in [9.17, 15) is 8.42 Å². The minimum Gasteiger partial charge on any atom is -0.468 e. The fourth-order valence-electron chi connectivity index (χ4n) is 2.39. The Kier molecular flexibility index (Phi) is 4.65. The SMILES string of the molecule is CN(C)C(CNC1CCS(=O)(=O)CC1)c1ccco1. The van der Waals surface area contributed by atoms with Crippen LogP contribution in [-0.2, 0) is 9.84 Å². The Morgan fingerprint density at radius 1 is 1.42 bits per heavy atom. The number of nitrogens with one attached hydrogen (secondary N) is 1. The number of hydrogen-bond acceptors (Lipinski definition) is 5. The normalized spacial score (nSPS) is 21.6. The lowest BCUT2D eigenvalue weighted by Gasteiger charge is -2.28. The minimum absolute atomic E-state index is 0.175. The molecular weight excluding hydrogens is 264 g/mol. The van der Waals surface area contributed by atoms with E-state index in [2.05, 4.69) is 10.2 Å². The first-order valence-corrected chi connectivity index (χ1v) is 8.44. The van der Waals surface area contributed by atoms with Gasteiger partial charge in [-0.15, -0.1) is 0 Å². The number of rotatable bonds is 5. The van der Waals surface area contributed by atoms with Gasteiger partial charge >= 0.3 is 0 Å². The fourth-order valence-corrected chi connectivity index (χ4v) is 3.88. The predicted molar refractivity (Wildman–Crippen MR) is 74.8 cm³/mol. The molecule has 1 atom stereocenters. The topological polar surface area (TPSA) is 62.6 Å². The Hall–Kier alpha value is -0.850. The summed E-state index contributed by atoms with van der Waals surface area (Å²) in [6, 6.07) is 4.32. The first-order chi connectivity index (χ1) is 8.98. The molecule has 5 nitrogen and oxygen atoms in total. The number of likely N-dealkylation sites (N-methyl/N-ethyl adjacent to an activating group) is 1. The Morgan fingerprint density at radius 3 is 2.63 bits per heavy atom. The first-order valence-electron chi connectivity index (χ1n) is 6.61. The molecule has 1 unspecified atom stereocenters. The average Bonchev–Trinajstić information content (AvgIpc) is 2.84. The van der Waals surface area contributed by atoms with Crippen LogP contribution in [0.4, 0.5) is 0 Å². The third kappa shape index (κ3) is 4.06. The van der Waals surface area contributed by atoms with Crippen molar-refractivity contribution in [1.82, 2.24) is 10.2 Å². The summed E-state index contributed by atoms with van der Waals surface area (Å²) in [7, 11) is 1.25. The average molecular weight is 286 g/mol. The van der Waals surface area contributed by atoms with Crippen molar-refractivity contribution in [2.45, 2.75) is 24.9 Å². The summed E-state index contributed by atoms with van der Waals surface area (Å²) in [5, 5.41) is 3.46. The molecule has 0 bridgehead atoms. The van der Waals surface area contributed by atoms with E-state index >= 15 is 0 Å². The van der Waals surface area contributed by atoms with Gasteiger partial charge in [-0.2, -0.15) is 0 Å². The van der Waals surface area contributed by atoms with Gasteiger partial charge in [-0.3, -0.25) is 4.90 Å². The van der Waals surface area contributed by atoms with Crippen LogP contribution in [0.3, 0.4) is 0 Å². The summed E-state index contributed by atoms with van der Waals surface area (Å²) in [6.45, 7) is 0.769. The Morgan fingerprint density at radius 2 is 2.11 bits per heavy atom. The first kappa shape index (κ1) is 14.6. The van der Waals surface area contributed by atoms with Gasteiger partial charge < -0.3 is 9.73 Å². The van der Waals surface area contributed by atoms with Crippen LogP contribution in [0.15, 0.2) is 22.8 Å². The second-order valence-electron chi connectivity index (χ2n) is 5.33. The van der Waals surface area contributed by atoms with E-state index in [1.807, 2.05) is 26.2 Å². The summed E-state index contributed by atoms with van der Waals surface area (Å²) in [4.78, 5) is 2.10. The van der Waals surface area contributed by atoms with E-state index in [0.717, 1.165) is 12.3 Å². The van der Waals surface area contributed by atoms with Gasteiger partial charge in [-0.05, 0) is 39.1 Å². The summed E-state index contributed by atoms with van der Waals surface area (Å²) in [6.07, 6.45) is 3.10. The zero-order chi connectivity index (χ0) is 13.9. The third-order valence-electron chi connectivity index (χ3n) is 3.65. The molecule has 1 aliphatic heterocycles. The minimum atomic E-state index is -2.78. The highest BCUT2D eigenvalue weighted by molar-refractivity contribution is 7.91. The highest BCUT2D eigenvalue weighted by atomic mass is 32.2. The number of hydrogen-bond donors (Lipinski definition) is 1. The van der Waals surface area contributed by atoms with Crippen molar-refractivity contribution < 1.29 is 12.8 Å². The van der Waals surface area contributed by atoms with Crippen LogP contribution in [0.1, 0.15) is 24.6 Å². The van der Waals surface area contributed by atoms with E-state index in [1.54, 1.807) is 6.26 Å². The third-order valence-corrected chi connectivity index (χ3v) is 5.36. The van der Waals surface area contributed by atoms with Gasteiger partial charge in [-0.25, -0.2) is 8.42 Å². The molecule has 1 N–H and O–H groups in total. The van der Waals surface area contributed by atoms with E-state index in [0.29, 0.717) is 30.4 Å². The van der Waals surface area contributed by atoms with Gasteiger partial charge in [0.1, 0.15) is 15.6 Å². The van der Waals surface area contributed by atoms with Crippen LogP contribution < -0.4 is 5.32 Å². The molecule has 1 saturated heterocycles. The van der Waals surface area contributed by atoms with Crippen molar-refractivity contribution in [3.8, 4) is 0 Å². The molecule has 0 spiro atoms. The van der Waals surface area contributed by atoms with Crippen molar-refractivity contribution in [3.63, 3.8) is 0 Å². The van der Waals surface area contributed by atoms with E-state index in [1.165, 1.54) is 0 Å². The van der Waals surface area contributed by atoms with Gasteiger partial charge in [0.15, 0.2) is 0 Å². The quantitative estimate of drug-likeness (QED) is 0.876. The molecule has 0 radical (unpaired) electrons. The molecule has 1 aromatic heterocycles. The molecule has 0 saturated carbocycles. The monoisotopic (exact) mass is 286 g/mol. The zero-order valence-corrected chi connectivity index (χ0v) is 12.3. The highest BCUT2D eigenvalue weighted by Crippen LogP contribution is 2.19. The summed E-state index contributed by atoms with van der Waals surface area (Å²) in [5.41, 5.74) is 0. The second kappa shape index (κ2) is 6.07. The van der Waals surface area contributed by atoms with Gasteiger partial charge in [0.2, 0.25) is 0 Å². The van der Waals surface area contributed by atoms with Crippen LogP contribution >= 0.6 is 0 Å². The Labute approximate surface area is 114 Å². The zero-order valence-electron chi connectivity index (χ0n) is 11.5. The lowest BCUT2D eigenvalue weighted by atomic mass is 10.1. The van der Waals surface area contributed by atoms with Crippen molar-refractivity contribution >= 4 is 9.84 Å². The van der Waals surface area contributed by atoms with Crippen molar-refractivity contribution in [2.75, 3.05) is 32.1 Å². The fraction of sp³-hybridized carbons (Fsp3) is 0.692.